The van der Waals surface area contributed by atoms with Crippen LogP contribution in [-0.2, 0) is 6.54 Å². The van der Waals surface area contributed by atoms with E-state index in [-0.39, 0.29) is 17.0 Å². The van der Waals surface area contributed by atoms with Crippen molar-refractivity contribution < 1.29 is 4.79 Å². The van der Waals surface area contributed by atoms with Crippen LogP contribution >= 0.6 is 0 Å². The molecule has 8 heteroatoms. The summed E-state index contributed by atoms with van der Waals surface area (Å²) in [6.45, 7) is 1.90. The highest BCUT2D eigenvalue weighted by Crippen LogP contribution is 2.18. The summed E-state index contributed by atoms with van der Waals surface area (Å²) < 4.78 is 0. The van der Waals surface area contributed by atoms with Crippen molar-refractivity contribution in [3.8, 4) is 0 Å². The zero-order valence-electron chi connectivity index (χ0n) is 14.9. The van der Waals surface area contributed by atoms with Crippen LogP contribution in [0.15, 0.2) is 35.4 Å². The van der Waals surface area contributed by atoms with Crippen LogP contribution in [-0.4, -0.2) is 56.8 Å². The van der Waals surface area contributed by atoms with E-state index < -0.39 is 0 Å². The maximum Gasteiger partial charge on any atom is 0.260 e. The molecular formula is C18H24N6O2. The molecule has 26 heavy (non-hydrogen) atoms. The number of anilines is 1. The summed E-state index contributed by atoms with van der Waals surface area (Å²) in [4.78, 5) is 39.5. The van der Waals surface area contributed by atoms with Crippen LogP contribution in [0.2, 0.25) is 0 Å². The molecule has 2 aromatic heterocycles. The predicted molar refractivity (Wildman–Crippen MR) is 98.5 cm³/mol. The molecule has 0 unspecified atom stereocenters. The quantitative estimate of drug-likeness (QED) is 0.842. The highest BCUT2D eigenvalue weighted by Gasteiger charge is 2.25. The molecule has 3 heterocycles. The third-order valence-corrected chi connectivity index (χ3v) is 4.77. The van der Waals surface area contributed by atoms with Crippen LogP contribution in [0.25, 0.3) is 0 Å². The number of aromatic nitrogens is 3. The Morgan fingerprint density at radius 1 is 1.38 bits per heavy atom. The lowest BCUT2D eigenvalue weighted by atomic mass is 10.1. The first kappa shape index (κ1) is 18.1. The number of nitrogens with one attached hydrogen (secondary N) is 1. The smallest absolute Gasteiger partial charge is 0.260 e. The summed E-state index contributed by atoms with van der Waals surface area (Å²) in [5.74, 6) is 0.962. The van der Waals surface area contributed by atoms with Gasteiger partial charge in [0.2, 0.25) is 0 Å². The van der Waals surface area contributed by atoms with Crippen LogP contribution < -0.4 is 11.3 Å². The standard InChI is InChI=1S/C18H24N6O2/c1-23(12-16-20-9-6-15(19)22-16)13-4-3-10-24(11-7-13)18(26)14-5-2-8-21-17(14)25/h2,5-6,8-9,13H,3-4,7,10-12H2,1H3,(H,21,25)(H2,19,20,22)/t13-/m0/s1. The number of likely N-dealkylation sites (tertiary alicyclic amines) is 1. The van der Waals surface area contributed by atoms with E-state index in [4.69, 9.17) is 5.73 Å². The minimum atomic E-state index is -0.339. The molecule has 2 aromatic rings. The Balaban J connectivity index is 1.62. The second-order valence-electron chi connectivity index (χ2n) is 6.60. The molecule has 0 saturated carbocycles. The van der Waals surface area contributed by atoms with Crippen LogP contribution in [0, 0.1) is 0 Å². The predicted octanol–water partition coefficient (Wildman–Crippen LogP) is 0.874. The second-order valence-corrected chi connectivity index (χ2v) is 6.60. The zero-order valence-corrected chi connectivity index (χ0v) is 14.9. The molecule has 1 saturated heterocycles. The number of hydrogen-bond donors (Lipinski definition) is 2. The van der Waals surface area contributed by atoms with Gasteiger partial charge in [-0.25, -0.2) is 9.97 Å². The van der Waals surface area contributed by atoms with E-state index in [0.29, 0.717) is 37.3 Å². The number of hydrogen-bond acceptors (Lipinski definition) is 6. The molecule has 1 atom stereocenters. The number of nitrogens with zero attached hydrogens (tertiary/aromatic N) is 4. The normalized spacial score (nSPS) is 17.9. The fourth-order valence-corrected chi connectivity index (χ4v) is 3.33. The Morgan fingerprint density at radius 2 is 2.23 bits per heavy atom. The fourth-order valence-electron chi connectivity index (χ4n) is 3.33. The molecule has 1 fully saturated rings. The average molecular weight is 356 g/mol. The molecule has 8 nitrogen and oxygen atoms in total. The SMILES string of the molecule is CN(Cc1nccc(N)n1)[C@H]1CCCN(C(=O)c2ccc[nH]c2=O)CC1. The fraction of sp³-hybridized carbons (Fsp3) is 0.444. The summed E-state index contributed by atoms with van der Waals surface area (Å²) >= 11 is 0. The highest BCUT2D eigenvalue weighted by molar-refractivity contribution is 5.93. The lowest BCUT2D eigenvalue weighted by Crippen LogP contribution is -2.37. The van der Waals surface area contributed by atoms with E-state index in [9.17, 15) is 9.59 Å². The Hall–Kier alpha value is -2.74. The second kappa shape index (κ2) is 8.09. The first-order chi connectivity index (χ1) is 12.5. The number of nitrogen functional groups attached to an aromatic ring is 1. The summed E-state index contributed by atoms with van der Waals surface area (Å²) in [5, 5.41) is 0. The largest absolute Gasteiger partial charge is 0.384 e. The lowest BCUT2D eigenvalue weighted by molar-refractivity contribution is 0.0755. The van der Waals surface area contributed by atoms with Crippen molar-refractivity contribution in [2.75, 3.05) is 25.9 Å². The Morgan fingerprint density at radius 3 is 3.00 bits per heavy atom. The van der Waals surface area contributed by atoms with Gasteiger partial charge in [0, 0.05) is 31.5 Å². The summed E-state index contributed by atoms with van der Waals surface area (Å²) in [6.07, 6.45) is 5.91. The molecule has 0 spiro atoms. The lowest BCUT2D eigenvalue weighted by Gasteiger charge is -2.26. The van der Waals surface area contributed by atoms with Crippen LogP contribution in [0.5, 0.6) is 0 Å². The molecule has 3 rings (SSSR count). The van der Waals surface area contributed by atoms with Gasteiger partial charge in [-0.1, -0.05) is 0 Å². The number of H-pyrrole nitrogens is 1. The van der Waals surface area contributed by atoms with E-state index in [1.54, 1.807) is 29.3 Å². The van der Waals surface area contributed by atoms with Crippen molar-refractivity contribution in [1.82, 2.24) is 24.8 Å². The third-order valence-electron chi connectivity index (χ3n) is 4.77. The molecule has 0 radical (unpaired) electrons. The molecule has 1 amide bonds. The topological polar surface area (TPSA) is 108 Å². The molecule has 1 aliphatic rings. The van der Waals surface area contributed by atoms with Gasteiger partial charge >= 0.3 is 0 Å². The van der Waals surface area contributed by atoms with Crippen molar-refractivity contribution in [3.63, 3.8) is 0 Å². The van der Waals surface area contributed by atoms with E-state index in [1.807, 2.05) is 7.05 Å². The summed E-state index contributed by atoms with van der Waals surface area (Å²) in [5.41, 5.74) is 5.58. The number of aromatic amines is 1. The van der Waals surface area contributed by atoms with Crippen molar-refractivity contribution in [2.24, 2.45) is 0 Å². The van der Waals surface area contributed by atoms with E-state index >= 15 is 0 Å². The van der Waals surface area contributed by atoms with Gasteiger partial charge in [0.15, 0.2) is 0 Å². The number of pyridine rings is 1. The Labute approximate surface area is 152 Å². The number of carbonyl (C=O) groups excluding carboxylic acids is 1. The van der Waals surface area contributed by atoms with Crippen molar-refractivity contribution in [1.29, 1.82) is 0 Å². The number of amides is 1. The van der Waals surface area contributed by atoms with Crippen molar-refractivity contribution in [2.45, 2.75) is 31.8 Å². The van der Waals surface area contributed by atoms with Gasteiger partial charge < -0.3 is 15.6 Å². The molecule has 0 aliphatic carbocycles. The molecule has 3 N–H and O–H groups in total. The summed E-state index contributed by atoms with van der Waals surface area (Å²) in [6, 6.07) is 5.25. The maximum atomic E-state index is 12.6. The Kier molecular flexibility index (Phi) is 5.62. The van der Waals surface area contributed by atoms with Gasteiger partial charge in [-0.05, 0) is 44.5 Å². The van der Waals surface area contributed by atoms with E-state index in [2.05, 4.69) is 19.9 Å². The van der Waals surface area contributed by atoms with Crippen LogP contribution in [0.4, 0.5) is 5.82 Å². The third kappa shape index (κ3) is 4.26. The van der Waals surface area contributed by atoms with Crippen molar-refractivity contribution in [3.05, 3.63) is 52.3 Å². The van der Waals surface area contributed by atoms with Crippen LogP contribution in [0.3, 0.4) is 0 Å². The first-order valence-electron chi connectivity index (χ1n) is 8.79. The monoisotopic (exact) mass is 356 g/mol. The van der Waals surface area contributed by atoms with Gasteiger partial charge in [0.1, 0.15) is 17.2 Å². The van der Waals surface area contributed by atoms with Crippen molar-refractivity contribution >= 4 is 11.7 Å². The molecule has 138 valence electrons. The summed E-state index contributed by atoms with van der Waals surface area (Å²) in [7, 11) is 2.04. The van der Waals surface area contributed by atoms with Gasteiger partial charge in [-0.15, -0.1) is 0 Å². The van der Waals surface area contributed by atoms with Crippen LogP contribution in [0.1, 0.15) is 35.4 Å². The molecule has 0 bridgehead atoms. The molecule has 1 aliphatic heterocycles. The van der Waals surface area contributed by atoms with Gasteiger partial charge in [0.25, 0.3) is 11.5 Å². The average Bonchev–Trinajstić information content (AvgIpc) is 2.88. The first-order valence-corrected chi connectivity index (χ1v) is 8.79. The molecule has 0 aromatic carbocycles. The minimum absolute atomic E-state index is 0.200. The highest BCUT2D eigenvalue weighted by atomic mass is 16.2. The minimum Gasteiger partial charge on any atom is -0.384 e. The van der Waals surface area contributed by atoms with Gasteiger partial charge in [-0.2, -0.15) is 0 Å². The van der Waals surface area contributed by atoms with Gasteiger partial charge in [0.05, 0.1) is 6.54 Å². The van der Waals surface area contributed by atoms with E-state index in [1.165, 1.54) is 6.20 Å². The Bertz CT molecular complexity index is 821. The number of nitrogens with two attached hydrogens (primary N) is 1. The van der Waals surface area contributed by atoms with E-state index in [0.717, 1.165) is 19.3 Å². The zero-order chi connectivity index (χ0) is 18.5. The molecular weight excluding hydrogens is 332 g/mol. The maximum absolute atomic E-state index is 12.6. The van der Waals surface area contributed by atoms with Gasteiger partial charge in [-0.3, -0.25) is 14.5 Å². The number of rotatable bonds is 4. The number of carbonyl (C=O) groups is 1.